The van der Waals surface area contributed by atoms with E-state index in [0.29, 0.717) is 22.6 Å². The van der Waals surface area contributed by atoms with Gasteiger partial charge >= 0.3 is 0 Å². The minimum Gasteiger partial charge on any atom is -0.371 e. The van der Waals surface area contributed by atoms with Gasteiger partial charge in [0, 0.05) is 68.8 Å². The number of hydrogen-bond acceptors (Lipinski definition) is 6. The van der Waals surface area contributed by atoms with Crippen LogP contribution in [0.3, 0.4) is 0 Å². The van der Waals surface area contributed by atoms with E-state index in [1.807, 2.05) is 30.5 Å². The summed E-state index contributed by atoms with van der Waals surface area (Å²) < 4.78 is 44.5. The van der Waals surface area contributed by atoms with E-state index in [-0.39, 0.29) is 16.1 Å². The van der Waals surface area contributed by atoms with Crippen LogP contribution in [0.25, 0.3) is 0 Å². The second-order valence-corrected chi connectivity index (χ2v) is 15.8. The van der Waals surface area contributed by atoms with Gasteiger partial charge in [0.2, 0.25) is 9.84 Å². The summed E-state index contributed by atoms with van der Waals surface area (Å²) in [5.74, 6) is 2.49. The standard InChI is InChI=1S/C36H45FN6O2S/c1-27-38-16-19-42(27)26-36(29-6-3-4-7-29,31-8-5-9-32(37)20-31)30-14-17-41(18-15-30)22-28-23-43(24-28)33-10-12-34(13-11-33)46(44,45)35-21-39-40(2)25-35/h5,8-13,16,19-21,25,28-30H,3-4,6-7,14-15,17-18,22-24,26H2,1-2H3. The molecule has 0 amide bonds. The lowest BCUT2D eigenvalue weighted by Gasteiger charge is -2.50. The van der Waals surface area contributed by atoms with Crippen LogP contribution in [0.2, 0.25) is 0 Å². The lowest BCUT2D eigenvalue weighted by molar-refractivity contribution is 0.0640. The summed E-state index contributed by atoms with van der Waals surface area (Å²) in [5.41, 5.74) is 2.12. The molecule has 4 aromatic rings. The van der Waals surface area contributed by atoms with Gasteiger partial charge in [0.15, 0.2) is 0 Å². The molecule has 1 aliphatic carbocycles. The van der Waals surface area contributed by atoms with Gasteiger partial charge in [-0.05, 0) is 99.5 Å². The third kappa shape index (κ3) is 5.90. The van der Waals surface area contributed by atoms with Crippen LogP contribution in [0.5, 0.6) is 0 Å². The molecule has 2 aliphatic heterocycles. The summed E-state index contributed by atoms with van der Waals surface area (Å²) in [5, 5.41) is 4.01. The first-order valence-corrected chi connectivity index (χ1v) is 18.3. The van der Waals surface area contributed by atoms with Crippen molar-refractivity contribution in [3.63, 3.8) is 0 Å². The molecule has 0 bridgehead atoms. The topological polar surface area (TPSA) is 76.3 Å². The van der Waals surface area contributed by atoms with Crippen molar-refractivity contribution in [2.75, 3.05) is 37.6 Å². The highest BCUT2D eigenvalue weighted by Gasteiger charge is 2.49. The molecule has 3 aliphatic rings. The summed E-state index contributed by atoms with van der Waals surface area (Å²) >= 11 is 0. The van der Waals surface area contributed by atoms with Gasteiger partial charge < -0.3 is 14.4 Å². The van der Waals surface area contributed by atoms with Crippen molar-refractivity contribution >= 4 is 15.5 Å². The van der Waals surface area contributed by atoms with E-state index in [2.05, 4.69) is 43.6 Å². The van der Waals surface area contributed by atoms with Crippen LogP contribution in [0.4, 0.5) is 10.1 Å². The SMILES string of the molecule is Cc1nccn1CC(c1cccc(F)c1)(C1CCCC1)C1CCN(CC2CN(c3ccc(S(=O)(=O)c4cnn(C)c4)cc3)C2)CC1. The zero-order valence-electron chi connectivity index (χ0n) is 26.9. The first kappa shape index (κ1) is 31.1. The van der Waals surface area contributed by atoms with E-state index in [9.17, 15) is 12.8 Å². The number of imidazole rings is 1. The van der Waals surface area contributed by atoms with Crippen LogP contribution >= 0.6 is 0 Å². The molecule has 1 atom stereocenters. The number of anilines is 1. The molecule has 46 heavy (non-hydrogen) atoms. The normalized spacial score (nSPS) is 20.2. The van der Waals surface area contributed by atoms with Gasteiger partial charge in [-0.2, -0.15) is 5.10 Å². The summed E-state index contributed by atoms with van der Waals surface area (Å²) in [6.45, 7) is 8.09. The number of aryl methyl sites for hydroxylation is 2. The predicted molar refractivity (Wildman–Crippen MR) is 177 cm³/mol. The predicted octanol–water partition coefficient (Wildman–Crippen LogP) is 5.87. The van der Waals surface area contributed by atoms with Crippen molar-refractivity contribution in [2.45, 2.75) is 67.2 Å². The number of aromatic nitrogens is 4. The van der Waals surface area contributed by atoms with E-state index in [0.717, 1.165) is 63.6 Å². The molecule has 3 fully saturated rings. The van der Waals surface area contributed by atoms with E-state index in [4.69, 9.17) is 0 Å². The van der Waals surface area contributed by atoms with Crippen molar-refractivity contribution in [1.29, 1.82) is 0 Å². The number of likely N-dealkylation sites (tertiary alicyclic amines) is 1. The summed E-state index contributed by atoms with van der Waals surface area (Å²) in [4.78, 5) is 10.0. The van der Waals surface area contributed by atoms with Crippen LogP contribution in [-0.2, 0) is 28.8 Å². The number of hydrogen-bond donors (Lipinski definition) is 0. The highest BCUT2D eigenvalue weighted by atomic mass is 32.2. The number of nitrogens with zero attached hydrogens (tertiary/aromatic N) is 6. The Morgan fingerprint density at radius 1 is 0.957 bits per heavy atom. The first-order chi connectivity index (χ1) is 22.2. The minimum atomic E-state index is -3.57. The highest BCUT2D eigenvalue weighted by molar-refractivity contribution is 7.91. The Hall–Kier alpha value is -3.50. The molecule has 0 spiro atoms. The molecule has 4 heterocycles. The van der Waals surface area contributed by atoms with Crippen molar-refractivity contribution < 1.29 is 12.8 Å². The van der Waals surface area contributed by atoms with E-state index < -0.39 is 9.84 Å². The van der Waals surface area contributed by atoms with Gasteiger partial charge in [-0.25, -0.2) is 17.8 Å². The summed E-state index contributed by atoms with van der Waals surface area (Å²) in [6, 6.07) is 14.7. The molecule has 244 valence electrons. The van der Waals surface area contributed by atoms with Gasteiger partial charge in [0.1, 0.15) is 16.5 Å². The molecular weight excluding hydrogens is 600 g/mol. The Morgan fingerprint density at radius 2 is 1.67 bits per heavy atom. The molecule has 0 N–H and O–H groups in total. The maximum atomic E-state index is 14.8. The fourth-order valence-electron chi connectivity index (χ4n) is 8.63. The molecule has 2 aromatic carbocycles. The lowest BCUT2D eigenvalue weighted by Crippen LogP contribution is -2.54. The Labute approximate surface area is 272 Å². The molecule has 1 saturated carbocycles. The summed E-state index contributed by atoms with van der Waals surface area (Å²) in [7, 11) is -1.86. The molecule has 1 unspecified atom stereocenters. The zero-order chi connectivity index (χ0) is 31.9. The van der Waals surface area contributed by atoms with E-state index in [1.54, 1.807) is 25.2 Å². The van der Waals surface area contributed by atoms with Crippen molar-refractivity contribution in [3.05, 3.63) is 90.5 Å². The van der Waals surface area contributed by atoms with Crippen molar-refractivity contribution in [2.24, 2.45) is 24.8 Å². The number of sulfone groups is 1. The van der Waals surface area contributed by atoms with E-state index >= 15 is 0 Å². The first-order valence-electron chi connectivity index (χ1n) is 16.8. The number of halogens is 1. The third-order valence-electron chi connectivity index (χ3n) is 11.1. The van der Waals surface area contributed by atoms with Gasteiger partial charge in [0.25, 0.3) is 0 Å². The van der Waals surface area contributed by atoms with Crippen LogP contribution in [0.1, 0.15) is 49.9 Å². The fraction of sp³-hybridized carbons (Fsp3) is 0.500. The Bertz CT molecular complexity index is 1750. The summed E-state index contributed by atoms with van der Waals surface area (Å²) in [6.07, 6.45) is 14.1. The lowest BCUT2D eigenvalue weighted by atomic mass is 9.59. The second-order valence-electron chi connectivity index (χ2n) is 13.8. The van der Waals surface area contributed by atoms with Crippen molar-refractivity contribution in [3.8, 4) is 0 Å². The molecule has 7 rings (SSSR count). The average Bonchev–Trinajstić information content (AvgIpc) is 3.82. The van der Waals surface area contributed by atoms with Gasteiger partial charge in [-0.3, -0.25) is 4.68 Å². The van der Waals surface area contributed by atoms with Gasteiger partial charge in [-0.1, -0.05) is 25.0 Å². The quantitative estimate of drug-likeness (QED) is 0.215. The molecule has 2 saturated heterocycles. The molecule has 8 nitrogen and oxygen atoms in total. The molecular formula is C36H45FN6O2S. The molecule has 0 radical (unpaired) electrons. The Kier molecular flexibility index (Phi) is 8.52. The molecule has 2 aromatic heterocycles. The maximum Gasteiger partial charge on any atom is 0.209 e. The highest BCUT2D eigenvalue weighted by Crippen LogP contribution is 2.51. The fourth-order valence-corrected chi connectivity index (χ4v) is 9.87. The largest absolute Gasteiger partial charge is 0.371 e. The smallest absolute Gasteiger partial charge is 0.209 e. The van der Waals surface area contributed by atoms with Crippen LogP contribution in [0.15, 0.2) is 83.1 Å². The second kappa shape index (κ2) is 12.6. The Morgan fingerprint density at radius 3 is 2.30 bits per heavy atom. The molecule has 10 heteroatoms. The van der Waals surface area contributed by atoms with Crippen molar-refractivity contribution in [1.82, 2.24) is 24.2 Å². The minimum absolute atomic E-state index is 0.111. The Balaban J connectivity index is 1.00. The number of rotatable bonds is 10. The number of benzene rings is 2. The van der Waals surface area contributed by atoms with Crippen LogP contribution in [0, 0.1) is 30.5 Å². The monoisotopic (exact) mass is 644 g/mol. The third-order valence-corrected chi connectivity index (χ3v) is 12.8. The van der Waals surface area contributed by atoms with Gasteiger partial charge in [0.05, 0.1) is 11.1 Å². The van der Waals surface area contributed by atoms with Gasteiger partial charge in [-0.15, -0.1) is 0 Å². The van der Waals surface area contributed by atoms with Crippen LogP contribution < -0.4 is 4.90 Å². The zero-order valence-corrected chi connectivity index (χ0v) is 27.7. The average molecular weight is 645 g/mol. The van der Waals surface area contributed by atoms with Crippen LogP contribution in [-0.4, -0.2) is 65.4 Å². The maximum absolute atomic E-state index is 14.8. The van der Waals surface area contributed by atoms with E-state index in [1.165, 1.54) is 48.3 Å². The number of piperidine rings is 1.